The summed E-state index contributed by atoms with van der Waals surface area (Å²) in [5.41, 5.74) is 0.564. The van der Waals surface area contributed by atoms with E-state index in [1.165, 1.54) is 0 Å². The molecular formula is C10H15N2OP. The fourth-order valence-corrected chi connectivity index (χ4v) is 3.40. The van der Waals surface area contributed by atoms with E-state index >= 15 is 0 Å². The van der Waals surface area contributed by atoms with Crippen LogP contribution in [0.1, 0.15) is 13.8 Å². The zero-order valence-electron chi connectivity index (χ0n) is 8.55. The van der Waals surface area contributed by atoms with Crippen LogP contribution in [0.3, 0.4) is 0 Å². The molecule has 2 rings (SSSR count). The Hall–Kier alpha value is -0.660. The molecule has 2 heterocycles. The predicted molar refractivity (Wildman–Crippen MR) is 59.6 cm³/mol. The van der Waals surface area contributed by atoms with Crippen molar-refractivity contribution in [3.8, 4) is 0 Å². The van der Waals surface area contributed by atoms with Gasteiger partial charge in [0, 0.05) is 18.4 Å². The molecule has 0 bridgehead atoms. The number of hydrogen-bond acceptors (Lipinski definition) is 3. The normalized spacial score (nSPS) is 21.9. The molecule has 0 radical (unpaired) electrons. The lowest BCUT2D eigenvalue weighted by Gasteiger charge is -2.25. The molecule has 1 unspecified atom stereocenters. The van der Waals surface area contributed by atoms with Gasteiger partial charge in [-0.1, -0.05) is 19.9 Å². The van der Waals surface area contributed by atoms with Gasteiger partial charge in [0.1, 0.15) is 14.1 Å². The summed E-state index contributed by atoms with van der Waals surface area (Å²) in [5.74, 6) is 1.05. The van der Waals surface area contributed by atoms with Crippen LogP contribution in [-0.2, 0) is 4.52 Å². The summed E-state index contributed by atoms with van der Waals surface area (Å²) in [5, 5.41) is 0. The number of pyridine rings is 1. The van der Waals surface area contributed by atoms with Gasteiger partial charge in [0.25, 0.3) is 0 Å². The fourth-order valence-electron chi connectivity index (χ4n) is 1.54. The Bertz CT molecular complexity index is 291. The Morgan fingerprint density at radius 3 is 3.00 bits per heavy atom. The van der Waals surface area contributed by atoms with Crippen LogP contribution in [0.5, 0.6) is 0 Å². The molecule has 0 N–H and O–H groups in total. The molecule has 14 heavy (non-hydrogen) atoms. The zero-order chi connectivity index (χ0) is 9.97. The molecule has 1 aliphatic heterocycles. The average Bonchev–Trinajstić information content (AvgIpc) is 2.67. The lowest BCUT2D eigenvalue weighted by Crippen LogP contribution is -2.17. The topological polar surface area (TPSA) is 25.4 Å². The van der Waals surface area contributed by atoms with Gasteiger partial charge in [-0.3, -0.25) is 0 Å². The Labute approximate surface area is 86.0 Å². The molecule has 0 spiro atoms. The molecule has 0 aliphatic carbocycles. The van der Waals surface area contributed by atoms with E-state index in [2.05, 4.69) is 23.5 Å². The van der Waals surface area contributed by atoms with Crippen LogP contribution in [0.4, 0.5) is 5.82 Å². The molecule has 1 atom stereocenters. The van der Waals surface area contributed by atoms with Gasteiger partial charge in [-0.15, -0.1) is 0 Å². The first kappa shape index (κ1) is 9.88. The van der Waals surface area contributed by atoms with Crippen molar-refractivity contribution in [2.45, 2.75) is 19.5 Å². The summed E-state index contributed by atoms with van der Waals surface area (Å²) < 4.78 is 8.02. The third kappa shape index (κ3) is 1.89. The van der Waals surface area contributed by atoms with Crippen molar-refractivity contribution in [3.05, 3.63) is 24.4 Å². The molecule has 76 valence electrons. The highest BCUT2D eigenvalue weighted by atomic mass is 31.2. The van der Waals surface area contributed by atoms with E-state index in [1.807, 2.05) is 24.4 Å². The van der Waals surface area contributed by atoms with Gasteiger partial charge in [0.05, 0.1) is 6.61 Å². The minimum absolute atomic E-state index is 0.473. The van der Waals surface area contributed by atoms with E-state index in [0.717, 1.165) is 19.0 Å². The Balaban J connectivity index is 2.18. The number of nitrogens with zero attached hydrogens (tertiary/aromatic N) is 2. The molecule has 0 saturated carbocycles. The largest absolute Gasteiger partial charge is 0.337 e. The van der Waals surface area contributed by atoms with Crippen molar-refractivity contribution in [3.63, 3.8) is 0 Å². The predicted octanol–water partition coefficient (Wildman–Crippen LogP) is 2.64. The Morgan fingerprint density at radius 1 is 1.50 bits per heavy atom. The highest BCUT2D eigenvalue weighted by Gasteiger charge is 2.29. The molecule has 3 nitrogen and oxygen atoms in total. The van der Waals surface area contributed by atoms with Gasteiger partial charge in [-0.05, 0) is 12.1 Å². The summed E-state index contributed by atoms with van der Waals surface area (Å²) >= 11 is 0. The van der Waals surface area contributed by atoms with E-state index in [4.69, 9.17) is 4.52 Å². The quantitative estimate of drug-likeness (QED) is 0.701. The van der Waals surface area contributed by atoms with Gasteiger partial charge in [-0.2, -0.15) is 0 Å². The summed E-state index contributed by atoms with van der Waals surface area (Å²) in [6.45, 7) is 6.21. The van der Waals surface area contributed by atoms with Gasteiger partial charge in [0.15, 0.2) is 0 Å². The molecule has 1 aromatic heterocycles. The summed E-state index contributed by atoms with van der Waals surface area (Å²) in [6.07, 6.45) is 1.83. The molecule has 1 fully saturated rings. The first-order chi connectivity index (χ1) is 6.79. The molecule has 0 amide bonds. The van der Waals surface area contributed by atoms with E-state index < -0.39 is 8.30 Å². The lowest BCUT2D eigenvalue weighted by molar-refractivity contribution is 0.395. The van der Waals surface area contributed by atoms with E-state index in [-0.39, 0.29) is 0 Å². The van der Waals surface area contributed by atoms with Crippen molar-refractivity contribution >= 4 is 14.1 Å². The van der Waals surface area contributed by atoms with Crippen molar-refractivity contribution in [2.24, 2.45) is 0 Å². The van der Waals surface area contributed by atoms with Crippen LogP contribution >= 0.6 is 8.30 Å². The lowest BCUT2D eigenvalue weighted by atomic mass is 10.4. The van der Waals surface area contributed by atoms with Crippen LogP contribution in [0, 0.1) is 0 Å². The van der Waals surface area contributed by atoms with Crippen LogP contribution in [0.2, 0.25) is 0 Å². The van der Waals surface area contributed by atoms with Crippen molar-refractivity contribution < 1.29 is 4.52 Å². The SMILES string of the molecule is CC(C)P1OCCN1c1ccccn1. The van der Waals surface area contributed by atoms with Gasteiger partial charge in [-0.25, -0.2) is 4.98 Å². The summed E-state index contributed by atoms with van der Waals surface area (Å²) in [6, 6.07) is 6.01. The zero-order valence-corrected chi connectivity index (χ0v) is 9.45. The molecule has 0 aromatic carbocycles. The maximum atomic E-state index is 5.73. The smallest absolute Gasteiger partial charge is 0.136 e. The third-order valence-electron chi connectivity index (χ3n) is 2.12. The average molecular weight is 210 g/mol. The van der Waals surface area contributed by atoms with E-state index in [0.29, 0.717) is 5.66 Å². The second-order valence-corrected chi connectivity index (χ2v) is 5.92. The fraction of sp³-hybridized carbons (Fsp3) is 0.500. The molecule has 1 saturated heterocycles. The maximum Gasteiger partial charge on any atom is 0.136 e. The van der Waals surface area contributed by atoms with Gasteiger partial charge >= 0.3 is 0 Å². The first-order valence-electron chi connectivity index (χ1n) is 4.89. The van der Waals surface area contributed by atoms with Gasteiger partial charge in [0.2, 0.25) is 0 Å². The molecular weight excluding hydrogens is 195 g/mol. The van der Waals surface area contributed by atoms with Gasteiger partial charge < -0.3 is 9.19 Å². The van der Waals surface area contributed by atoms with E-state index in [9.17, 15) is 0 Å². The van der Waals surface area contributed by atoms with Crippen LogP contribution < -0.4 is 4.67 Å². The first-order valence-corrected chi connectivity index (χ1v) is 6.18. The number of anilines is 1. The van der Waals surface area contributed by atoms with Crippen molar-refractivity contribution in [1.82, 2.24) is 4.98 Å². The third-order valence-corrected chi connectivity index (χ3v) is 4.33. The Morgan fingerprint density at radius 2 is 2.36 bits per heavy atom. The summed E-state index contributed by atoms with van der Waals surface area (Å²) in [7, 11) is -0.473. The van der Waals surface area contributed by atoms with Crippen molar-refractivity contribution in [1.29, 1.82) is 0 Å². The molecule has 1 aliphatic rings. The Kier molecular flexibility index (Phi) is 2.99. The number of rotatable bonds is 2. The summed E-state index contributed by atoms with van der Waals surface area (Å²) in [4.78, 5) is 4.36. The van der Waals surface area contributed by atoms with E-state index in [1.54, 1.807) is 0 Å². The second kappa shape index (κ2) is 4.24. The monoisotopic (exact) mass is 210 g/mol. The molecule has 1 aromatic rings. The number of hydrogen-bond donors (Lipinski definition) is 0. The maximum absolute atomic E-state index is 5.73. The second-order valence-electron chi connectivity index (χ2n) is 3.54. The van der Waals surface area contributed by atoms with Crippen molar-refractivity contribution in [2.75, 3.05) is 17.8 Å². The van der Waals surface area contributed by atoms with Crippen LogP contribution in [0.15, 0.2) is 24.4 Å². The highest BCUT2D eigenvalue weighted by Crippen LogP contribution is 2.51. The minimum atomic E-state index is -0.473. The standard InChI is InChI=1S/C10H15N2OP/c1-9(2)14-12(7-8-13-14)10-5-3-4-6-11-10/h3-6,9H,7-8H2,1-2H3. The van der Waals surface area contributed by atoms with Crippen LogP contribution in [-0.4, -0.2) is 23.8 Å². The number of aromatic nitrogens is 1. The minimum Gasteiger partial charge on any atom is -0.337 e. The molecule has 4 heteroatoms. The highest BCUT2D eigenvalue weighted by molar-refractivity contribution is 7.55. The van der Waals surface area contributed by atoms with Crippen LogP contribution in [0.25, 0.3) is 0 Å².